The molecule has 2 aromatic rings. The van der Waals surface area contributed by atoms with Gasteiger partial charge in [0.05, 0.1) is 12.0 Å². The van der Waals surface area contributed by atoms with E-state index >= 15 is 0 Å². The number of allylic oxidation sites excluding steroid dienone is 1. The molecule has 0 aliphatic carbocycles. The Morgan fingerprint density at radius 2 is 1.96 bits per heavy atom. The molecule has 0 saturated heterocycles. The van der Waals surface area contributed by atoms with Crippen LogP contribution in [0.5, 0.6) is 11.5 Å². The molecule has 0 atom stereocenters. The second-order valence-electron chi connectivity index (χ2n) is 4.55. The van der Waals surface area contributed by atoms with Crippen molar-refractivity contribution in [3.63, 3.8) is 0 Å². The predicted octanol–water partition coefficient (Wildman–Crippen LogP) is 3.86. The van der Waals surface area contributed by atoms with E-state index in [1.807, 2.05) is 0 Å². The topological polar surface area (TPSA) is 89.7 Å². The van der Waals surface area contributed by atoms with Crippen molar-refractivity contribution in [1.29, 1.82) is 0 Å². The lowest BCUT2D eigenvalue weighted by Crippen LogP contribution is -1.95. The molecule has 23 heavy (non-hydrogen) atoms. The highest BCUT2D eigenvalue weighted by atomic mass is 35.5. The van der Waals surface area contributed by atoms with Gasteiger partial charge in [0.15, 0.2) is 11.5 Å². The van der Waals surface area contributed by atoms with Crippen molar-refractivity contribution >= 4 is 29.1 Å². The highest BCUT2D eigenvalue weighted by molar-refractivity contribution is 6.30. The molecule has 0 fully saturated rings. The first-order valence-electron chi connectivity index (χ1n) is 6.45. The zero-order valence-electron chi connectivity index (χ0n) is 12.0. The van der Waals surface area contributed by atoms with Crippen molar-refractivity contribution < 1.29 is 19.6 Å². The van der Waals surface area contributed by atoms with E-state index in [0.29, 0.717) is 16.1 Å². The molecule has 0 aliphatic rings. The van der Waals surface area contributed by atoms with Crippen LogP contribution in [0.15, 0.2) is 42.5 Å². The zero-order chi connectivity index (χ0) is 17.0. The molecule has 6 nitrogen and oxygen atoms in total. The number of nitro groups is 1. The first-order valence-corrected chi connectivity index (χ1v) is 6.83. The number of benzene rings is 2. The molecule has 0 saturated carbocycles. The van der Waals surface area contributed by atoms with Crippen LogP contribution in [0.4, 0.5) is 5.69 Å². The summed E-state index contributed by atoms with van der Waals surface area (Å²) in [5.74, 6) is -0.882. The highest BCUT2D eigenvalue weighted by Crippen LogP contribution is 2.37. The van der Waals surface area contributed by atoms with Crippen molar-refractivity contribution in [3.05, 3.63) is 68.7 Å². The number of phenolic OH excluding ortho intramolecular Hbond substituents is 1. The summed E-state index contributed by atoms with van der Waals surface area (Å²) in [6.45, 7) is 0. The number of rotatable bonds is 5. The van der Waals surface area contributed by atoms with Crippen molar-refractivity contribution in [1.82, 2.24) is 0 Å². The second kappa shape index (κ2) is 6.93. The van der Waals surface area contributed by atoms with Gasteiger partial charge in [0.25, 0.3) is 0 Å². The van der Waals surface area contributed by atoms with Gasteiger partial charge in [0, 0.05) is 16.7 Å². The second-order valence-corrected chi connectivity index (χ2v) is 4.99. The van der Waals surface area contributed by atoms with E-state index in [4.69, 9.17) is 16.3 Å². The number of ketones is 1. The highest BCUT2D eigenvalue weighted by Gasteiger charge is 2.19. The summed E-state index contributed by atoms with van der Waals surface area (Å²) in [5.41, 5.74) is 0.294. The average molecular weight is 334 g/mol. The molecule has 0 unspecified atom stereocenters. The van der Waals surface area contributed by atoms with Gasteiger partial charge >= 0.3 is 5.69 Å². The molecule has 2 rings (SSSR count). The molecular weight excluding hydrogens is 322 g/mol. The Morgan fingerprint density at radius 3 is 2.52 bits per heavy atom. The number of ether oxygens (including phenoxy) is 1. The van der Waals surface area contributed by atoms with E-state index in [0.717, 1.165) is 6.07 Å². The summed E-state index contributed by atoms with van der Waals surface area (Å²) in [7, 11) is 1.28. The van der Waals surface area contributed by atoms with Gasteiger partial charge in [0.1, 0.15) is 0 Å². The molecular formula is C16H12ClNO5. The van der Waals surface area contributed by atoms with E-state index in [2.05, 4.69) is 0 Å². The number of nitro benzene ring substituents is 1. The number of carbonyl (C=O) groups excluding carboxylic acids is 1. The fraction of sp³-hybridized carbons (Fsp3) is 0.0625. The number of carbonyl (C=O) groups is 1. The predicted molar refractivity (Wildman–Crippen MR) is 86.1 cm³/mol. The number of nitrogens with zero attached hydrogens (tertiary/aromatic N) is 1. The minimum atomic E-state index is -0.726. The van der Waals surface area contributed by atoms with Crippen LogP contribution in [0, 0.1) is 10.1 Å². The van der Waals surface area contributed by atoms with Crippen molar-refractivity contribution in [2.45, 2.75) is 0 Å². The van der Waals surface area contributed by atoms with Crippen LogP contribution in [0.3, 0.4) is 0 Å². The van der Waals surface area contributed by atoms with Gasteiger partial charge in [-0.15, -0.1) is 0 Å². The average Bonchev–Trinajstić information content (AvgIpc) is 2.53. The quantitative estimate of drug-likeness (QED) is 0.388. The number of methoxy groups -OCH3 is 1. The summed E-state index contributed by atoms with van der Waals surface area (Å²) < 4.78 is 4.89. The molecule has 0 amide bonds. The lowest BCUT2D eigenvalue weighted by molar-refractivity contribution is -0.386. The Bertz CT molecular complexity index is 784. The van der Waals surface area contributed by atoms with E-state index in [9.17, 15) is 20.0 Å². The van der Waals surface area contributed by atoms with Crippen molar-refractivity contribution in [2.75, 3.05) is 7.11 Å². The normalized spacial score (nSPS) is 10.7. The first-order chi connectivity index (χ1) is 10.9. The van der Waals surface area contributed by atoms with Crippen molar-refractivity contribution in [3.8, 4) is 11.5 Å². The number of hydrogen-bond acceptors (Lipinski definition) is 5. The van der Waals surface area contributed by atoms with E-state index in [-0.39, 0.29) is 11.5 Å². The minimum Gasteiger partial charge on any atom is -0.500 e. The fourth-order valence-electron chi connectivity index (χ4n) is 1.89. The first kappa shape index (κ1) is 16.5. The summed E-state index contributed by atoms with van der Waals surface area (Å²) in [6, 6.07) is 8.90. The van der Waals surface area contributed by atoms with E-state index < -0.39 is 16.4 Å². The Labute approximate surface area is 136 Å². The molecule has 0 aromatic heterocycles. The van der Waals surface area contributed by atoms with Gasteiger partial charge in [-0.25, -0.2) is 0 Å². The Hall–Kier alpha value is -2.86. The van der Waals surface area contributed by atoms with E-state index in [1.165, 1.54) is 25.3 Å². The van der Waals surface area contributed by atoms with Crippen LogP contribution in [0.25, 0.3) is 6.08 Å². The third kappa shape index (κ3) is 3.87. The smallest absolute Gasteiger partial charge is 0.315 e. The minimum absolute atomic E-state index is 0.0437. The van der Waals surface area contributed by atoms with Crippen molar-refractivity contribution in [2.24, 2.45) is 0 Å². The summed E-state index contributed by atoms with van der Waals surface area (Å²) in [5, 5.41) is 21.1. The third-order valence-electron chi connectivity index (χ3n) is 3.05. The third-order valence-corrected chi connectivity index (χ3v) is 3.30. The SMILES string of the molecule is COc1cc(/C=C/C(=O)c2ccc(Cl)cc2)cc([N+](=O)[O-])c1O. The molecule has 0 heterocycles. The zero-order valence-corrected chi connectivity index (χ0v) is 12.8. The van der Waals surface area contributed by atoms with Crippen LogP contribution in [0.2, 0.25) is 5.02 Å². The van der Waals surface area contributed by atoms with Gasteiger partial charge in [-0.05, 0) is 42.0 Å². The van der Waals surface area contributed by atoms with Crippen LogP contribution < -0.4 is 4.74 Å². The van der Waals surface area contributed by atoms with Gasteiger partial charge in [-0.3, -0.25) is 14.9 Å². The molecule has 118 valence electrons. The maximum absolute atomic E-state index is 12.0. The Balaban J connectivity index is 2.32. The Kier molecular flexibility index (Phi) is 4.98. The van der Waals surface area contributed by atoms with E-state index in [1.54, 1.807) is 24.3 Å². The summed E-state index contributed by atoms with van der Waals surface area (Å²) in [6.07, 6.45) is 2.69. The summed E-state index contributed by atoms with van der Waals surface area (Å²) in [4.78, 5) is 22.2. The number of halogens is 1. The number of hydrogen-bond donors (Lipinski definition) is 1. The maximum atomic E-state index is 12.0. The fourth-order valence-corrected chi connectivity index (χ4v) is 2.01. The molecule has 0 aliphatic heterocycles. The molecule has 7 heteroatoms. The molecule has 1 N–H and O–H groups in total. The lowest BCUT2D eigenvalue weighted by Gasteiger charge is -2.05. The van der Waals surface area contributed by atoms with Crippen LogP contribution in [-0.4, -0.2) is 22.9 Å². The van der Waals surface area contributed by atoms with Crippen LogP contribution >= 0.6 is 11.6 Å². The van der Waals surface area contributed by atoms with Gasteiger partial charge in [0.2, 0.25) is 5.75 Å². The molecule has 0 bridgehead atoms. The monoisotopic (exact) mass is 333 g/mol. The number of phenols is 1. The number of aromatic hydroxyl groups is 1. The maximum Gasteiger partial charge on any atom is 0.315 e. The van der Waals surface area contributed by atoms with Gasteiger partial charge in [-0.2, -0.15) is 0 Å². The molecule has 0 spiro atoms. The molecule has 0 radical (unpaired) electrons. The van der Waals surface area contributed by atoms with Gasteiger partial charge < -0.3 is 9.84 Å². The summed E-state index contributed by atoms with van der Waals surface area (Å²) >= 11 is 5.75. The Morgan fingerprint density at radius 1 is 1.30 bits per heavy atom. The largest absolute Gasteiger partial charge is 0.500 e. The molecule has 2 aromatic carbocycles. The van der Waals surface area contributed by atoms with Crippen LogP contribution in [0.1, 0.15) is 15.9 Å². The van der Waals surface area contributed by atoms with Crippen LogP contribution in [-0.2, 0) is 0 Å². The lowest BCUT2D eigenvalue weighted by atomic mass is 10.1. The standard InChI is InChI=1S/C16H12ClNO5/c1-23-15-9-10(8-13(16(15)20)18(21)22)2-7-14(19)11-3-5-12(17)6-4-11/h2-9,20H,1H3/b7-2+. The van der Waals surface area contributed by atoms with Gasteiger partial charge in [-0.1, -0.05) is 17.7 Å².